The molecule has 0 bridgehead atoms. The molecule has 1 aromatic carbocycles. The maximum Gasteiger partial charge on any atom is 0.341 e. The maximum atomic E-state index is 11.5. The van der Waals surface area contributed by atoms with Crippen LogP contribution in [0.1, 0.15) is 16.8 Å². The summed E-state index contributed by atoms with van der Waals surface area (Å²) in [6.45, 7) is -0.00412. The average molecular weight is 249 g/mol. The Labute approximate surface area is 103 Å². The number of carbonyl (C=O) groups is 3. The molecular formula is C12H11NO5. The summed E-state index contributed by atoms with van der Waals surface area (Å²) in [6, 6.07) is 4.11. The lowest BCUT2D eigenvalue weighted by Crippen LogP contribution is -2.24. The third kappa shape index (κ3) is 2.04. The fourth-order valence-electron chi connectivity index (χ4n) is 1.79. The summed E-state index contributed by atoms with van der Waals surface area (Å²) in [5, 5.41) is 9.68. The topological polar surface area (TPSA) is 83.9 Å². The number of hydrogen-bond donors (Lipinski definition) is 1. The molecule has 1 heterocycles. The van der Waals surface area contributed by atoms with Gasteiger partial charge in [0.1, 0.15) is 11.3 Å². The fourth-order valence-corrected chi connectivity index (χ4v) is 1.79. The molecule has 6 heteroatoms. The Kier molecular flexibility index (Phi) is 3.01. The Balaban J connectivity index is 2.32. The number of phenolic OH excluding ortho intramolecular Hbond substituents is 1. The van der Waals surface area contributed by atoms with Crippen LogP contribution in [0.5, 0.6) is 5.75 Å². The van der Waals surface area contributed by atoms with Crippen LogP contribution >= 0.6 is 0 Å². The smallest absolute Gasteiger partial charge is 0.341 e. The van der Waals surface area contributed by atoms with Gasteiger partial charge in [-0.1, -0.05) is 0 Å². The zero-order chi connectivity index (χ0) is 13.3. The number of aromatic hydroxyl groups is 1. The van der Waals surface area contributed by atoms with E-state index in [1.54, 1.807) is 0 Å². The first-order valence-corrected chi connectivity index (χ1v) is 5.26. The lowest BCUT2D eigenvalue weighted by Gasteiger charge is -2.15. The molecule has 0 atom stereocenters. The number of benzene rings is 1. The SMILES string of the molecule is COC(=O)c1ccc(N2CC(=O)CC2=O)cc1O. The molecule has 0 radical (unpaired) electrons. The number of anilines is 1. The van der Waals surface area contributed by atoms with Gasteiger partial charge >= 0.3 is 5.97 Å². The number of esters is 1. The maximum absolute atomic E-state index is 11.5. The molecule has 0 unspecified atom stereocenters. The second-order valence-electron chi connectivity index (χ2n) is 3.89. The van der Waals surface area contributed by atoms with Gasteiger partial charge in [0.05, 0.1) is 20.1 Å². The molecule has 1 aromatic rings. The van der Waals surface area contributed by atoms with Gasteiger partial charge in [-0.15, -0.1) is 0 Å². The number of amides is 1. The molecule has 18 heavy (non-hydrogen) atoms. The van der Waals surface area contributed by atoms with Crippen LogP contribution in [0.3, 0.4) is 0 Å². The van der Waals surface area contributed by atoms with Gasteiger partial charge in [-0.3, -0.25) is 9.59 Å². The summed E-state index contributed by atoms with van der Waals surface area (Å²) in [6.07, 6.45) is -0.125. The Morgan fingerprint density at radius 1 is 1.39 bits per heavy atom. The fraction of sp³-hybridized carbons (Fsp3) is 0.250. The van der Waals surface area contributed by atoms with Gasteiger partial charge < -0.3 is 14.7 Å². The Bertz CT molecular complexity index is 537. The van der Waals surface area contributed by atoms with Crippen LogP contribution in [-0.2, 0) is 14.3 Å². The van der Waals surface area contributed by atoms with Crippen LogP contribution in [0.4, 0.5) is 5.69 Å². The van der Waals surface area contributed by atoms with Gasteiger partial charge in [0.25, 0.3) is 0 Å². The van der Waals surface area contributed by atoms with Crippen molar-refractivity contribution >= 4 is 23.3 Å². The molecule has 1 fully saturated rings. The van der Waals surface area contributed by atoms with E-state index in [1.807, 2.05) is 0 Å². The van der Waals surface area contributed by atoms with Crippen molar-refractivity contribution in [3.05, 3.63) is 23.8 Å². The van der Waals surface area contributed by atoms with Crippen LogP contribution in [0.25, 0.3) is 0 Å². The molecule has 1 N–H and O–H groups in total. The van der Waals surface area contributed by atoms with Crippen LogP contribution < -0.4 is 4.90 Å². The number of nitrogens with zero attached hydrogens (tertiary/aromatic N) is 1. The summed E-state index contributed by atoms with van der Waals surface area (Å²) in [5.74, 6) is -1.43. The molecule has 0 aliphatic carbocycles. The highest BCUT2D eigenvalue weighted by molar-refractivity contribution is 6.15. The van der Waals surface area contributed by atoms with Crippen molar-refractivity contribution in [3.63, 3.8) is 0 Å². The monoisotopic (exact) mass is 249 g/mol. The van der Waals surface area contributed by atoms with E-state index >= 15 is 0 Å². The largest absolute Gasteiger partial charge is 0.507 e. The van der Waals surface area contributed by atoms with Gasteiger partial charge in [0.15, 0.2) is 5.78 Å². The van der Waals surface area contributed by atoms with Gasteiger partial charge in [-0.25, -0.2) is 4.79 Å². The van der Waals surface area contributed by atoms with Crippen molar-refractivity contribution in [3.8, 4) is 5.75 Å². The first kappa shape index (κ1) is 12.1. The number of Topliss-reactive ketones (excluding diaryl/α,β-unsaturated/α-hetero) is 1. The van der Waals surface area contributed by atoms with E-state index in [1.165, 1.54) is 30.2 Å². The molecule has 1 amide bonds. The molecule has 1 aliphatic rings. The van der Waals surface area contributed by atoms with Crippen LogP contribution in [-0.4, -0.2) is 36.4 Å². The zero-order valence-electron chi connectivity index (χ0n) is 9.67. The predicted octanol–water partition coefficient (Wildman–Crippen LogP) is 0.485. The zero-order valence-corrected chi connectivity index (χ0v) is 9.67. The highest BCUT2D eigenvalue weighted by Gasteiger charge is 2.29. The number of carbonyl (C=O) groups excluding carboxylic acids is 3. The molecule has 94 valence electrons. The van der Waals surface area contributed by atoms with Gasteiger partial charge in [0.2, 0.25) is 5.91 Å². The lowest BCUT2D eigenvalue weighted by atomic mass is 10.1. The van der Waals surface area contributed by atoms with Crippen molar-refractivity contribution in [2.75, 3.05) is 18.6 Å². The number of rotatable bonds is 2. The molecule has 0 spiro atoms. The first-order chi connectivity index (χ1) is 8.52. The minimum absolute atomic E-state index is 0.00412. The lowest BCUT2D eigenvalue weighted by molar-refractivity contribution is -0.121. The Morgan fingerprint density at radius 3 is 2.61 bits per heavy atom. The van der Waals surface area contributed by atoms with E-state index in [2.05, 4.69) is 4.74 Å². The summed E-state index contributed by atoms with van der Waals surface area (Å²) < 4.78 is 4.49. The summed E-state index contributed by atoms with van der Waals surface area (Å²) in [7, 11) is 1.21. The number of phenols is 1. The van der Waals surface area contributed by atoms with E-state index in [0.29, 0.717) is 5.69 Å². The van der Waals surface area contributed by atoms with Crippen molar-refractivity contribution < 1.29 is 24.2 Å². The highest BCUT2D eigenvalue weighted by Crippen LogP contribution is 2.27. The Hall–Kier alpha value is -2.37. The molecular weight excluding hydrogens is 238 g/mol. The van der Waals surface area contributed by atoms with E-state index in [4.69, 9.17) is 0 Å². The first-order valence-electron chi connectivity index (χ1n) is 5.26. The predicted molar refractivity (Wildman–Crippen MR) is 61.4 cm³/mol. The van der Waals surface area contributed by atoms with E-state index < -0.39 is 5.97 Å². The molecule has 6 nitrogen and oxygen atoms in total. The average Bonchev–Trinajstić information content (AvgIpc) is 2.67. The summed E-state index contributed by atoms with van der Waals surface area (Å²) >= 11 is 0. The Morgan fingerprint density at radius 2 is 2.11 bits per heavy atom. The summed E-state index contributed by atoms with van der Waals surface area (Å²) in [5.41, 5.74) is 0.398. The van der Waals surface area contributed by atoms with E-state index in [-0.39, 0.29) is 36.0 Å². The third-order valence-corrected chi connectivity index (χ3v) is 2.68. The minimum Gasteiger partial charge on any atom is -0.507 e. The number of ether oxygens (including phenoxy) is 1. The van der Waals surface area contributed by atoms with Crippen molar-refractivity contribution in [2.24, 2.45) is 0 Å². The van der Waals surface area contributed by atoms with E-state index in [0.717, 1.165) is 0 Å². The van der Waals surface area contributed by atoms with Crippen LogP contribution in [0, 0.1) is 0 Å². The summed E-state index contributed by atoms with van der Waals surface area (Å²) in [4.78, 5) is 35.2. The molecule has 1 aliphatic heterocycles. The van der Waals surface area contributed by atoms with E-state index in [9.17, 15) is 19.5 Å². The quantitative estimate of drug-likeness (QED) is 0.609. The minimum atomic E-state index is -0.664. The molecule has 2 rings (SSSR count). The van der Waals surface area contributed by atoms with Gasteiger partial charge in [0, 0.05) is 11.8 Å². The van der Waals surface area contributed by atoms with Crippen molar-refractivity contribution in [1.82, 2.24) is 0 Å². The van der Waals surface area contributed by atoms with Gasteiger partial charge in [-0.2, -0.15) is 0 Å². The third-order valence-electron chi connectivity index (χ3n) is 2.68. The van der Waals surface area contributed by atoms with Crippen LogP contribution in [0.2, 0.25) is 0 Å². The second kappa shape index (κ2) is 4.48. The standard InChI is InChI=1S/C12H11NO5/c1-18-12(17)9-3-2-7(4-10(9)15)13-6-8(14)5-11(13)16/h2-4,15H,5-6H2,1H3. The molecule has 0 aromatic heterocycles. The number of hydrogen-bond acceptors (Lipinski definition) is 5. The van der Waals surface area contributed by atoms with Gasteiger partial charge in [-0.05, 0) is 12.1 Å². The number of ketones is 1. The van der Waals surface area contributed by atoms with Crippen molar-refractivity contribution in [2.45, 2.75) is 6.42 Å². The molecule has 0 saturated carbocycles. The van der Waals surface area contributed by atoms with Crippen molar-refractivity contribution in [1.29, 1.82) is 0 Å². The highest BCUT2D eigenvalue weighted by atomic mass is 16.5. The van der Waals surface area contributed by atoms with Crippen LogP contribution in [0.15, 0.2) is 18.2 Å². The molecule has 1 saturated heterocycles. The second-order valence-corrected chi connectivity index (χ2v) is 3.89. The number of methoxy groups -OCH3 is 1. The normalized spacial score (nSPS) is 15.1.